The Morgan fingerprint density at radius 1 is 1.50 bits per heavy atom. The van der Waals surface area contributed by atoms with E-state index in [0.717, 1.165) is 18.9 Å². The Hall–Kier alpha value is -0.870. The van der Waals surface area contributed by atoms with Crippen LogP contribution in [-0.2, 0) is 11.3 Å². The van der Waals surface area contributed by atoms with E-state index in [9.17, 15) is 0 Å². The quantitative estimate of drug-likeness (QED) is 0.804. The van der Waals surface area contributed by atoms with Crippen molar-refractivity contribution in [1.29, 1.82) is 0 Å². The Kier molecular flexibility index (Phi) is 4.50. The number of nitrogens with one attached hydrogen (secondary N) is 1. The van der Waals surface area contributed by atoms with Crippen LogP contribution >= 0.6 is 0 Å². The molecule has 1 heterocycles. The fourth-order valence-corrected chi connectivity index (χ4v) is 1.82. The lowest BCUT2D eigenvalue weighted by Gasteiger charge is -2.33. The van der Waals surface area contributed by atoms with Gasteiger partial charge in [-0.05, 0) is 27.3 Å². The van der Waals surface area contributed by atoms with Crippen LogP contribution in [0.3, 0.4) is 0 Å². The first kappa shape index (κ1) is 13.2. The summed E-state index contributed by atoms with van der Waals surface area (Å²) in [7, 11) is 1.74. The van der Waals surface area contributed by atoms with Gasteiger partial charge in [0.05, 0.1) is 11.6 Å². The number of aromatic nitrogens is 2. The van der Waals surface area contributed by atoms with Gasteiger partial charge in [-0.25, -0.2) is 4.98 Å². The van der Waals surface area contributed by atoms with E-state index in [1.807, 2.05) is 12.4 Å². The molecular weight excluding hydrogens is 202 g/mol. The van der Waals surface area contributed by atoms with Crippen molar-refractivity contribution in [3.05, 3.63) is 18.2 Å². The van der Waals surface area contributed by atoms with Gasteiger partial charge in [0.25, 0.3) is 0 Å². The van der Waals surface area contributed by atoms with Gasteiger partial charge >= 0.3 is 0 Å². The molecule has 4 heteroatoms. The van der Waals surface area contributed by atoms with Crippen LogP contribution < -0.4 is 5.32 Å². The lowest BCUT2D eigenvalue weighted by atomic mass is 9.97. The van der Waals surface area contributed by atoms with Crippen LogP contribution in [0.1, 0.15) is 39.6 Å². The highest BCUT2D eigenvalue weighted by Crippen LogP contribution is 2.27. The molecule has 0 aliphatic carbocycles. The van der Waals surface area contributed by atoms with E-state index in [2.05, 4.69) is 42.6 Å². The second kappa shape index (κ2) is 5.46. The molecule has 1 rings (SSSR count). The monoisotopic (exact) mass is 225 g/mol. The Morgan fingerprint density at radius 3 is 2.69 bits per heavy atom. The summed E-state index contributed by atoms with van der Waals surface area (Å²) in [6, 6.07) is 0.109. The van der Waals surface area contributed by atoms with Crippen molar-refractivity contribution >= 4 is 0 Å². The molecule has 0 saturated heterocycles. The molecule has 0 bridgehead atoms. The van der Waals surface area contributed by atoms with Crippen molar-refractivity contribution in [1.82, 2.24) is 14.9 Å². The number of rotatable bonds is 6. The van der Waals surface area contributed by atoms with Crippen molar-refractivity contribution in [2.45, 2.75) is 45.9 Å². The van der Waals surface area contributed by atoms with Gasteiger partial charge in [0.1, 0.15) is 5.82 Å². The molecule has 0 aliphatic rings. The average molecular weight is 225 g/mol. The van der Waals surface area contributed by atoms with E-state index >= 15 is 0 Å². The Morgan fingerprint density at radius 2 is 2.19 bits per heavy atom. The number of likely N-dealkylation sites (N-methyl/N-ethyl adjacent to an activating group) is 1. The average Bonchev–Trinajstić information content (AvgIpc) is 2.73. The van der Waals surface area contributed by atoms with E-state index in [4.69, 9.17) is 4.74 Å². The van der Waals surface area contributed by atoms with Gasteiger partial charge in [-0.1, -0.05) is 6.92 Å². The van der Waals surface area contributed by atoms with Gasteiger partial charge in [-0.3, -0.25) is 0 Å². The summed E-state index contributed by atoms with van der Waals surface area (Å²) in [5, 5.41) is 3.44. The van der Waals surface area contributed by atoms with E-state index in [1.165, 1.54) is 0 Å². The fraction of sp³-hybridized carbons (Fsp3) is 0.750. The zero-order valence-corrected chi connectivity index (χ0v) is 10.9. The molecule has 1 N–H and O–H groups in total. The van der Waals surface area contributed by atoms with Crippen LogP contribution in [0.15, 0.2) is 12.4 Å². The zero-order chi connectivity index (χ0) is 12.2. The minimum Gasteiger partial charge on any atom is -0.377 e. The molecule has 0 spiro atoms. The molecule has 0 aromatic carbocycles. The Bertz CT molecular complexity index is 320. The first-order chi connectivity index (χ1) is 7.56. The molecule has 1 aromatic heterocycles. The van der Waals surface area contributed by atoms with Crippen LogP contribution in [0.4, 0.5) is 0 Å². The van der Waals surface area contributed by atoms with E-state index in [0.29, 0.717) is 0 Å². The molecule has 0 aliphatic heterocycles. The molecule has 0 fully saturated rings. The third-order valence-electron chi connectivity index (χ3n) is 2.98. The zero-order valence-electron chi connectivity index (χ0n) is 10.9. The predicted octanol–water partition coefficient (Wildman–Crippen LogP) is 1.98. The summed E-state index contributed by atoms with van der Waals surface area (Å²) in [5.74, 6) is 1.04. The van der Waals surface area contributed by atoms with Crippen LogP contribution in [-0.4, -0.2) is 28.8 Å². The minimum atomic E-state index is -0.270. The summed E-state index contributed by atoms with van der Waals surface area (Å²) in [6.45, 7) is 10.2. The minimum absolute atomic E-state index is 0.109. The lowest BCUT2D eigenvalue weighted by molar-refractivity contribution is -0.0140. The molecular formula is C12H23N3O. The summed E-state index contributed by atoms with van der Waals surface area (Å²) >= 11 is 0. The van der Waals surface area contributed by atoms with Gasteiger partial charge in [0.2, 0.25) is 0 Å². The van der Waals surface area contributed by atoms with Crippen LogP contribution in [0.2, 0.25) is 0 Å². The summed E-state index contributed by atoms with van der Waals surface area (Å²) in [4.78, 5) is 4.44. The number of ether oxygens (including phenoxy) is 1. The summed E-state index contributed by atoms with van der Waals surface area (Å²) < 4.78 is 7.71. The van der Waals surface area contributed by atoms with Crippen molar-refractivity contribution < 1.29 is 4.74 Å². The van der Waals surface area contributed by atoms with Gasteiger partial charge in [-0.15, -0.1) is 0 Å². The maximum absolute atomic E-state index is 5.56. The first-order valence-electron chi connectivity index (χ1n) is 5.86. The van der Waals surface area contributed by atoms with Crippen LogP contribution in [0.5, 0.6) is 0 Å². The summed E-state index contributed by atoms with van der Waals surface area (Å²) in [5.41, 5.74) is -0.270. The summed E-state index contributed by atoms with van der Waals surface area (Å²) in [6.07, 6.45) is 3.85. The number of imidazole rings is 1. The fourth-order valence-electron chi connectivity index (χ4n) is 1.82. The molecule has 0 radical (unpaired) electrons. The van der Waals surface area contributed by atoms with Crippen LogP contribution in [0, 0.1) is 0 Å². The van der Waals surface area contributed by atoms with E-state index in [1.54, 1.807) is 7.11 Å². The van der Waals surface area contributed by atoms with Crippen LogP contribution in [0.25, 0.3) is 0 Å². The standard InChI is InChI=1S/C12H23N3O/c1-6-13-10(12(3,4)16-5)11-14-8-9-15(11)7-2/h8-10,13H,6-7H2,1-5H3. The number of nitrogens with zero attached hydrogens (tertiary/aromatic N) is 2. The smallest absolute Gasteiger partial charge is 0.128 e. The maximum atomic E-state index is 5.56. The normalized spacial score (nSPS) is 14.1. The molecule has 0 amide bonds. The predicted molar refractivity (Wildman–Crippen MR) is 65.4 cm³/mol. The van der Waals surface area contributed by atoms with E-state index in [-0.39, 0.29) is 11.6 Å². The van der Waals surface area contributed by atoms with Gasteiger partial charge in [0, 0.05) is 26.0 Å². The largest absolute Gasteiger partial charge is 0.377 e. The SMILES string of the molecule is CCNC(c1nccn1CC)C(C)(C)OC. The lowest BCUT2D eigenvalue weighted by Crippen LogP contribution is -2.42. The molecule has 4 nitrogen and oxygen atoms in total. The molecule has 1 aromatic rings. The molecule has 92 valence electrons. The van der Waals surface area contributed by atoms with Gasteiger partial charge in [0.15, 0.2) is 0 Å². The molecule has 1 unspecified atom stereocenters. The second-order valence-corrected chi connectivity index (χ2v) is 4.37. The number of hydrogen-bond donors (Lipinski definition) is 1. The molecule has 1 atom stereocenters. The molecule has 16 heavy (non-hydrogen) atoms. The highest BCUT2D eigenvalue weighted by Gasteiger charge is 2.32. The van der Waals surface area contributed by atoms with Gasteiger partial charge in [-0.2, -0.15) is 0 Å². The molecule has 0 saturated carbocycles. The van der Waals surface area contributed by atoms with Crippen molar-refractivity contribution in [2.24, 2.45) is 0 Å². The van der Waals surface area contributed by atoms with Crippen molar-refractivity contribution in [2.75, 3.05) is 13.7 Å². The van der Waals surface area contributed by atoms with Crippen molar-refractivity contribution in [3.8, 4) is 0 Å². The third kappa shape index (κ3) is 2.62. The highest BCUT2D eigenvalue weighted by atomic mass is 16.5. The topological polar surface area (TPSA) is 39.1 Å². The first-order valence-corrected chi connectivity index (χ1v) is 5.86. The van der Waals surface area contributed by atoms with Crippen molar-refractivity contribution in [3.63, 3.8) is 0 Å². The third-order valence-corrected chi connectivity index (χ3v) is 2.98. The maximum Gasteiger partial charge on any atom is 0.128 e. The highest BCUT2D eigenvalue weighted by molar-refractivity contribution is 5.05. The number of aryl methyl sites for hydroxylation is 1. The Balaban J connectivity index is 3.02. The van der Waals surface area contributed by atoms with Gasteiger partial charge < -0.3 is 14.6 Å². The second-order valence-electron chi connectivity index (χ2n) is 4.37. The number of hydrogen-bond acceptors (Lipinski definition) is 3. The number of methoxy groups -OCH3 is 1. The van der Waals surface area contributed by atoms with E-state index < -0.39 is 0 Å². The Labute approximate surface area is 98.0 Å².